The Bertz CT molecular complexity index is 596. The monoisotopic (exact) mass is 301 g/mol. The van der Waals surface area contributed by atoms with E-state index in [9.17, 15) is 4.79 Å². The lowest BCUT2D eigenvalue weighted by molar-refractivity contribution is -0.122. The third-order valence-electron chi connectivity index (χ3n) is 3.55. The zero-order chi connectivity index (χ0) is 15.9. The molecular weight excluding hydrogens is 278 g/mol. The summed E-state index contributed by atoms with van der Waals surface area (Å²) in [6, 6.07) is 5.84. The molecule has 0 radical (unpaired) electrons. The third-order valence-corrected chi connectivity index (χ3v) is 3.55. The Hall–Kier alpha value is -2.21. The summed E-state index contributed by atoms with van der Waals surface area (Å²) in [5.41, 5.74) is 2.11. The second-order valence-electron chi connectivity index (χ2n) is 5.44. The molecule has 2 rings (SSSR count). The first-order valence-electron chi connectivity index (χ1n) is 7.45. The summed E-state index contributed by atoms with van der Waals surface area (Å²) in [7, 11) is 3.82. The molecule has 0 saturated heterocycles. The molecule has 2 aromatic rings. The molecule has 118 valence electrons. The molecule has 1 amide bonds. The van der Waals surface area contributed by atoms with E-state index in [4.69, 9.17) is 0 Å². The summed E-state index contributed by atoms with van der Waals surface area (Å²) in [5, 5.41) is 7.23. The molecule has 0 fully saturated rings. The highest BCUT2D eigenvalue weighted by atomic mass is 16.2. The maximum absolute atomic E-state index is 12.2. The molecule has 2 aromatic heterocycles. The molecule has 2 heterocycles. The summed E-state index contributed by atoms with van der Waals surface area (Å²) in [5.74, 6) is 0.0134. The molecule has 22 heavy (non-hydrogen) atoms. The van der Waals surface area contributed by atoms with Crippen LogP contribution in [0.4, 0.5) is 0 Å². The second kappa shape index (κ2) is 7.70. The predicted molar refractivity (Wildman–Crippen MR) is 85.0 cm³/mol. The van der Waals surface area contributed by atoms with Gasteiger partial charge in [0.15, 0.2) is 0 Å². The van der Waals surface area contributed by atoms with E-state index in [-0.39, 0.29) is 11.9 Å². The summed E-state index contributed by atoms with van der Waals surface area (Å²) in [6.45, 7) is 3.10. The molecule has 0 saturated carbocycles. The van der Waals surface area contributed by atoms with Gasteiger partial charge in [-0.15, -0.1) is 0 Å². The fraction of sp³-hybridized carbons (Fsp3) is 0.438. The van der Waals surface area contributed by atoms with E-state index in [1.54, 1.807) is 17.1 Å². The van der Waals surface area contributed by atoms with Gasteiger partial charge >= 0.3 is 0 Å². The van der Waals surface area contributed by atoms with Crippen LogP contribution >= 0.6 is 0 Å². The number of amides is 1. The van der Waals surface area contributed by atoms with E-state index in [1.807, 2.05) is 43.4 Å². The summed E-state index contributed by atoms with van der Waals surface area (Å²) in [4.78, 5) is 18.3. The number of aromatic nitrogens is 3. The Labute approximate surface area is 131 Å². The third kappa shape index (κ3) is 4.39. The number of rotatable bonds is 7. The van der Waals surface area contributed by atoms with Crippen molar-refractivity contribution in [3.63, 3.8) is 0 Å². The zero-order valence-electron chi connectivity index (χ0n) is 13.4. The molecule has 6 heteroatoms. The van der Waals surface area contributed by atoms with Crippen LogP contribution in [0.5, 0.6) is 0 Å². The van der Waals surface area contributed by atoms with Crippen molar-refractivity contribution in [1.29, 1.82) is 0 Å². The normalized spacial score (nSPS) is 12.4. The van der Waals surface area contributed by atoms with Gasteiger partial charge in [0, 0.05) is 32.2 Å². The minimum absolute atomic E-state index is 0.00760. The number of pyridine rings is 1. The topological polar surface area (TPSA) is 63.1 Å². The number of aryl methyl sites for hydroxylation is 1. The van der Waals surface area contributed by atoms with Crippen LogP contribution < -0.4 is 5.32 Å². The van der Waals surface area contributed by atoms with Crippen LogP contribution in [0, 0.1) is 0 Å². The van der Waals surface area contributed by atoms with E-state index in [0.717, 1.165) is 17.7 Å². The van der Waals surface area contributed by atoms with Crippen molar-refractivity contribution < 1.29 is 4.79 Å². The summed E-state index contributed by atoms with van der Waals surface area (Å²) in [6.07, 6.45) is 6.14. The molecule has 1 N–H and O–H groups in total. The Balaban J connectivity index is 1.87. The van der Waals surface area contributed by atoms with Gasteiger partial charge < -0.3 is 5.32 Å². The Kier molecular flexibility index (Phi) is 5.66. The van der Waals surface area contributed by atoms with Gasteiger partial charge in [-0.05, 0) is 31.2 Å². The fourth-order valence-corrected chi connectivity index (χ4v) is 2.46. The lowest BCUT2D eigenvalue weighted by Crippen LogP contribution is -2.37. The van der Waals surface area contributed by atoms with Gasteiger partial charge in [-0.3, -0.25) is 19.4 Å². The van der Waals surface area contributed by atoms with Crippen LogP contribution in [0.3, 0.4) is 0 Å². The number of carbonyl (C=O) groups is 1. The van der Waals surface area contributed by atoms with E-state index < -0.39 is 0 Å². The van der Waals surface area contributed by atoms with Crippen LogP contribution in [0.15, 0.2) is 36.8 Å². The standard InChI is InChI=1S/C16H23N5O/c1-4-14(15-7-9-18-21(15)3)19-16(22)12-20(2)11-13-6-5-8-17-10-13/h5-10,14H,4,11-12H2,1-3H3,(H,19,22)/t14-/m1/s1. The minimum Gasteiger partial charge on any atom is -0.347 e. The molecule has 6 nitrogen and oxygen atoms in total. The van der Waals surface area contributed by atoms with E-state index in [1.165, 1.54) is 0 Å². The van der Waals surface area contributed by atoms with Crippen molar-refractivity contribution >= 4 is 5.91 Å². The maximum Gasteiger partial charge on any atom is 0.234 e. The largest absolute Gasteiger partial charge is 0.347 e. The first kappa shape index (κ1) is 16.2. The van der Waals surface area contributed by atoms with Gasteiger partial charge in [-0.1, -0.05) is 13.0 Å². The first-order chi connectivity index (χ1) is 10.6. The van der Waals surface area contributed by atoms with Crippen molar-refractivity contribution in [2.75, 3.05) is 13.6 Å². The lowest BCUT2D eigenvalue weighted by atomic mass is 10.1. The van der Waals surface area contributed by atoms with Crippen LogP contribution in [-0.2, 0) is 18.4 Å². The van der Waals surface area contributed by atoms with E-state index >= 15 is 0 Å². The molecule has 0 aliphatic heterocycles. The van der Waals surface area contributed by atoms with Crippen LogP contribution in [0.1, 0.15) is 30.6 Å². The molecule has 0 spiro atoms. The fourth-order valence-electron chi connectivity index (χ4n) is 2.46. The highest BCUT2D eigenvalue weighted by molar-refractivity contribution is 5.78. The molecule has 0 aromatic carbocycles. The van der Waals surface area contributed by atoms with Crippen LogP contribution in [0.2, 0.25) is 0 Å². The number of likely N-dealkylation sites (N-methyl/N-ethyl adjacent to an activating group) is 1. The zero-order valence-corrected chi connectivity index (χ0v) is 13.4. The first-order valence-corrected chi connectivity index (χ1v) is 7.45. The van der Waals surface area contributed by atoms with Crippen molar-refractivity contribution in [3.05, 3.63) is 48.0 Å². The summed E-state index contributed by atoms with van der Waals surface area (Å²) < 4.78 is 1.80. The van der Waals surface area contributed by atoms with Gasteiger partial charge in [0.1, 0.15) is 0 Å². The smallest absolute Gasteiger partial charge is 0.234 e. The Morgan fingerprint density at radius 1 is 1.41 bits per heavy atom. The highest BCUT2D eigenvalue weighted by Crippen LogP contribution is 2.15. The molecular formula is C16H23N5O. The minimum atomic E-state index is -0.00760. The lowest BCUT2D eigenvalue weighted by Gasteiger charge is -2.20. The summed E-state index contributed by atoms with van der Waals surface area (Å²) >= 11 is 0. The number of carbonyl (C=O) groups excluding carboxylic acids is 1. The number of hydrogen-bond acceptors (Lipinski definition) is 4. The van der Waals surface area contributed by atoms with E-state index in [0.29, 0.717) is 13.1 Å². The Morgan fingerprint density at radius 2 is 2.23 bits per heavy atom. The van der Waals surface area contributed by atoms with Gasteiger partial charge in [0.25, 0.3) is 0 Å². The predicted octanol–water partition coefficient (Wildman–Crippen LogP) is 1.51. The highest BCUT2D eigenvalue weighted by Gasteiger charge is 2.16. The Morgan fingerprint density at radius 3 is 2.82 bits per heavy atom. The average molecular weight is 301 g/mol. The number of nitrogens with zero attached hydrogens (tertiary/aromatic N) is 4. The molecule has 1 atom stereocenters. The van der Waals surface area contributed by atoms with Crippen molar-refractivity contribution in [2.45, 2.75) is 25.9 Å². The number of nitrogens with one attached hydrogen (secondary N) is 1. The van der Waals surface area contributed by atoms with E-state index in [2.05, 4.69) is 22.3 Å². The molecule has 0 bridgehead atoms. The van der Waals surface area contributed by atoms with Crippen LogP contribution in [-0.4, -0.2) is 39.2 Å². The van der Waals surface area contributed by atoms with Crippen molar-refractivity contribution in [1.82, 2.24) is 25.0 Å². The maximum atomic E-state index is 12.2. The second-order valence-corrected chi connectivity index (χ2v) is 5.44. The van der Waals surface area contributed by atoms with Gasteiger partial charge in [-0.2, -0.15) is 5.10 Å². The number of hydrogen-bond donors (Lipinski definition) is 1. The average Bonchev–Trinajstić information content (AvgIpc) is 2.91. The van der Waals surface area contributed by atoms with Gasteiger partial charge in [0.05, 0.1) is 18.3 Å². The SMILES string of the molecule is CC[C@@H](NC(=O)CN(C)Cc1cccnc1)c1ccnn1C. The van der Waals surface area contributed by atoms with Gasteiger partial charge in [0.2, 0.25) is 5.91 Å². The quantitative estimate of drug-likeness (QED) is 0.842. The molecule has 0 aliphatic carbocycles. The van der Waals surface area contributed by atoms with Gasteiger partial charge in [-0.25, -0.2) is 0 Å². The van der Waals surface area contributed by atoms with Crippen molar-refractivity contribution in [3.8, 4) is 0 Å². The molecule has 0 unspecified atom stereocenters. The van der Waals surface area contributed by atoms with Crippen LogP contribution in [0.25, 0.3) is 0 Å². The molecule has 0 aliphatic rings. The van der Waals surface area contributed by atoms with Crippen molar-refractivity contribution in [2.24, 2.45) is 7.05 Å².